The molecule has 0 saturated carbocycles. The van der Waals surface area contributed by atoms with Crippen molar-refractivity contribution in [2.75, 3.05) is 24.7 Å². The molecule has 6 nitrogen and oxygen atoms in total. The van der Waals surface area contributed by atoms with Crippen molar-refractivity contribution in [3.8, 4) is 11.3 Å². The van der Waals surface area contributed by atoms with Crippen LogP contribution in [0.1, 0.15) is 26.5 Å². The zero-order chi connectivity index (χ0) is 21.2. The molecule has 0 radical (unpaired) electrons. The fourth-order valence-electron chi connectivity index (χ4n) is 2.94. The van der Waals surface area contributed by atoms with Gasteiger partial charge >= 0.3 is 0 Å². The first-order valence-corrected chi connectivity index (χ1v) is 11.2. The number of anilines is 1. The van der Waals surface area contributed by atoms with Crippen LogP contribution in [0, 0.1) is 5.82 Å². The molecule has 0 aliphatic carbocycles. The zero-order valence-electron chi connectivity index (χ0n) is 17.4. The Balaban J connectivity index is 0.00000320. The van der Waals surface area contributed by atoms with Crippen molar-refractivity contribution in [1.29, 1.82) is 0 Å². The first kappa shape index (κ1) is 24.0. The first-order valence-electron chi connectivity index (χ1n) is 9.30. The number of hydrogen-bond donors (Lipinski definition) is 2. The summed E-state index contributed by atoms with van der Waals surface area (Å²) in [5.41, 5.74) is 2.09. The monoisotopic (exact) mass is 452 g/mol. The molecule has 0 spiro atoms. The van der Waals surface area contributed by atoms with E-state index < -0.39 is 10.0 Å². The van der Waals surface area contributed by atoms with Gasteiger partial charge in [-0.25, -0.2) is 27.5 Å². The number of benzene rings is 2. The molecule has 0 amide bonds. The molecular weight excluding hydrogens is 427 g/mol. The summed E-state index contributed by atoms with van der Waals surface area (Å²) in [5, 5.41) is 4.38. The van der Waals surface area contributed by atoms with Crippen LogP contribution in [0.3, 0.4) is 0 Å². The molecule has 162 valence electrons. The molecule has 1 heterocycles. The van der Waals surface area contributed by atoms with Crippen LogP contribution in [0.4, 0.5) is 10.3 Å². The molecule has 0 aliphatic rings. The van der Waals surface area contributed by atoms with Crippen molar-refractivity contribution in [1.82, 2.24) is 14.7 Å². The third-order valence-corrected chi connectivity index (χ3v) is 5.14. The Hall–Kier alpha value is -2.29. The molecule has 0 atom stereocenters. The molecule has 0 saturated heterocycles. The summed E-state index contributed by atoms with van der Waals surface area (Å²) in [7, 11) is -3.26. The normalized spacial score (nSPS) is 11.9. The van der Waals surface area contributed by atoms with E-state index in [2.05, 4.69) is 40.8 Å². The Morgan fingerprint density at radius 1 is 1.00 bits per heavy atom. The molecule has 3 rings (SSSR count). The third kappa shape index (κ3) is 5.87. The Kier molecular flexibility index (Phi) is 7.39. The van der Waals surface area contributed by atoms with Gasteiger partial charge in [-0.3, -0.25) is 0 Å². The smallest absolute Gasteiger partial charge is 0.223 e. The maximum Gasteiger partial charge on any atom is 0.223 e. The van der Waals surface area contributed by atoms with Gasteiger partial charge in [-0.05, 0) is 23.6 Å². The second kappa shape index (κ2) is 9.24. The highest BCUT2D eigenvalue weighted by Crippen LogP contribution is 2.32. The standard InChI is InChI=1S/C21H25FN4O2S.ClH/c1-21(2,3)19-13-18(25-20(26-19)23-11-12-24-29(4,27)28)16-9-10-17(22)15-8-6-5-7-14(15)16;/h5-10,13,24H,11-12H2,1-4H3,(H,23,25,26);1H. The molecule has 3 aromatic rings. The van der Waals surface area contributed by atoms with Gasteiger partial charge in [0.2, 0.25) is 16.0 Å². The number of hydrogen-bond acceptors (Lipinski definition) is 5. The van der Waals surface area contributed by atoms with E-state index in [4.69, 9.17) is 0 Å². The van der Waals surface area contributed by atoms with Gasteiger partial charge in [-0.1, -0.05) is 45.0 Å². The highest BCUT2D eigenvalue weighted by atomic mass is 35.5. The highest BCUT2D eigenvalue weighted by Gasteiger charge is 2.19. The van der Waals surface area contributed by atoms with E-state index in [1.807, 2.05) is 18.2 Å². The van der Waals surface area contributed by atoms with Gasteiger partial charge in [0.15, 0.2) is 0 Å². The van der Waals surface area contributed by atoms with Gasteiger partial charge in [-0.15, -0.1) is 12.4 Å². The summed E-state index contributed by atoms with van der Waals surface area (Å²) in [6.07, 6.45) is 1.11. The third-order valence-electron chi connectivity index (χ3n) is 4.41. The number of rotatable bonds is 6. The molecular formula is C21H26ClFN4O2S. The van der Waals surface area contributed by atoms with Crippen molar-refractivity contribution < 1.29 is 12.8 Å². The molecule has 0 fully saturated rings. The maximum absolute atomic E-state index is 14.2. The maximum atomic E-state index is 14.2. The number of fused-ring (bicyclic) bond motifs is 1. The highest BCUT2D eigenvalue weighted by molar-refractivity contribution is 7.88. The molecule has 0 bridgehead atoms. The largest absolute Gasteiger partial charge is 0.353 e. The van der Waals surface area contributed by atoms with Crippen LogP contribution in [0.5, 0.6) is 0 Å². The topological polar surface area (TPSA) is 84.0 Å². The minimum absolute atomic E-state index is 0. The predicted octanol–water partition coefficient (Wildman–Crippen LogP) is 4.12. The van der Waals surface area contributed by atoms with E-state index in [-0.39, 0.29) is 30.2 Å². The summed E-state index contributed by atoms with van der Waals surface area (Å²) in [6.45, 7) is 6.71. The second-order valence-electron chi connectivity index (χ2n) is 7.95. The predicted molar refractivity (Wildman–Crippen MR) is 122 cm³/mol. The van der Waals surface area contributed by atoms with E-state index in [0.717, 1.165) is 22.9 Å². The van der Waals surface area contributed by atoms with Crippen LogP contribution < -0.4 is 10.0 Å². The Bertz CT molecular complexity index is 1150. The minimum atomic E-state index is -3.26. The fraction of sp³-hybridized carbons (Fsp3) is 0.333. The molecule has 0 unspecified atom stereocenters. The Morgan fingerprint density at radius 3 is 2.30 bits per heavy atom. The van der Waals surface area contributed by atoms with Crippen molar-refractivity contribution in [2.24, 2.45) is 0 Å². The number of aromatic nitrogens is 2. The van der Waals surface area contributed by atoms with Crippen LogP contribution in [-0.2, 0) is 15.4 Å². The molecule has 0 aliphatic heterocycles. The van der Waals surface area contributed by atoms with Gasteiger partial charge in [0.05, 0.1) is 17.6 Å². The Labute approximate surface area is 182 Å². The minimum Gasteiger partial charge on any atom is -0.353 e. The van der Waals surface area contributed by atoms with E-state index in [9.17, 15) is 12.8 Å². The van der Waals surface area contributed by atoms with Gasteiger partial charge < -0.3 is 5.32 Å². The van der Waals surface area contributed by atoms with E-state index in [1.165, 1.54) is 6.07 Å². The van der Waals surface area contributed by atoms with Crippen LogP contribution in [0.2, 0.25) is 0 Å². The molecule has 2 N–H and O–H groups in total. The average molecular weight is 453 g/mol. The van der Waals surface area contributed by atoms with Crippen LogP contribution in [0.15, 0.2) is 42.5 Å². The molecule has 9 heteroatoms. The van der Waals surface area contributed by atoms with Crippen molar-refractivity contribution >= 4 is 39.2 Å². The molecule has 1 aromatic heterocycles. The number of nitrogens with one attached hydrogen (secondary N) is 2. The Morgan fingerprint density at radius 2 is 1.67 bits per heavy atom. The summed E-state index contributed by atoms with van der Waals surface area (Å²) in [6, 6.07) is 12.4. The van der Waals surface area contributed by atoms with E-state index in [1.54, 1.807) is 18.2 Å². The molecule has 2 aromatic carbocycles. The van der Waals surface area contributed by atoms with Crippen molar-refractivity contribution in [3.05, 3.63) is 54.0 Å². The summed E-state index contributed by atoms with van der Waals surface area (Å²) in [5.74, 6) is 0.121. The lowest BCUT2D eigenvalue weighted by atomic mass is 9.90. The molecule has 30 heavy (non-hydrogen) atoms. The second-order valence-corrected chi connectivity index (χ2v) is 9.78. The van der Waals surface area contributed by atoms with Crippen LogP contribution >= 0.6 is 12.4 Å². The lowest BCUT2D eigenvalue weighted by molar-refractivity contribution is 0.568. The van der Waals surface area contributed by atoms with Crippen molar-refractivity contribution in [2.45, 2.75) is 26.2 Å². The quantitative estimate of drug-likeness (QED) is 0.550. The van der Waals surface area contributed by atoms with E-state index in [0.29, 0.717) is 23.6 Å². The summed E-state index contributed by atoms with van der Waals surface area (Å²) in [4.78, 5) is 9.20. The van der Waals surface area contributed by atoms with Gasteiger partial charge in [0.1, 0.15) is 5.82 Å². The first-order chi connectivity index (χ1) is 13.5. The SMILES string of the molecule is CC(C)(C)c1cc(-c2ccc(F)c3ccccc23)nc(NCCNS(C)(=O)=O)n1.Cl. The average Bonchev–Trinajstić information content (AvgIpc) is 2.64. The summed E-state index contributed by atoms with van der Waals surface area (Å²) < 4.78 is 39.1. The lowest BCUT2D eigenvalue weighted by Crippen LogP contribution is -2.28. The number of halogens is 2. The van der Waals surface area contributed by atoms with Gasteiger partial charge in [0, 0.05) is 29.5 Å². The van der Waals surface area contributed by atoms with Gasteiger partial charge in [-0.2, -0.15) is 0 Å². The van der Waals surface area contributed by atoms with Crippen molar-refractivity contribution in [3.63, 3.8) is 0 Å². The van der Waals surface area contributed by atoms with E-state index >= 15 is 0 Å². The van der Waals surface area contributed by atoms with Crippen LogP contribution in [0.25, 0.3) is 22.0 Å². The number of sulfonamides is 1. The van der Waals surface area contributed by atoms with Gasteiger partial charge in [0.25, 0.3) is 0 Å². The zero-order valence-corrected chi connectivity index (χ0v) is 19.0. The number of nitrogens with zero attached hydrogens (tertiary/aromatic N) is 2. The summed E-state index contributed by atoms with van der Waals surface area (Å²) >= 11 is 0. The lowest BCUT2D eigenvalue weighted by Gasteiger charge is -2.20. The van der Waals surface area contributed by atoms with Crippen LogP contribution in [-0.4, -0.2) is 37.7 Å². The fourth-order valence-corrected chi connectivity index (χ4v) is 3.42.